The summed E-state index contributed by atoms with van der Waals surface area (Å²) in [6.45, 7) is 0. The van der Waals surface area contributed by atoms with Gasteiger partial charge in [-0.2, -0.15) is 0 Å². The summed E-state index contributed by atoms with van der Waals surface area (Å²) in [5.74, 6) is 0. The smallest absolute Gasteiger partial charge is 0.0794 e. The molecular formula is C9H8IN. The minimum Gasteiger partial charge on any atom is -0.247 e. The van der Waals surface area contributed by atoms with Crippen molar-refractivity contribution < 1.29 is 0 Å². The maximum atomic E-state index is 4.45. The van der Waals surface area contributed by atoms with Gasteiger partial charge in [0, 0.05) is 0 Å². The van der Waals surface area contributed by atoms with Gasteiger partial charge < -0.3 is 0 Å². The number of aryl methyl sites for hydroxylation is 1. The number of aliphatic imine (C=N–C) groups is 1. The van der Waals surface area contributed by atoms with Crippen LogP contribution in [0.15, 0.2) is 29.3 Å². The molecule has 0 fully saturated rings. The van der Waals surface area contributed by atoms with Crippen LogP contribution in [0.5, 0.6) is 0 Å². The van der Waals surface area contributed by atoms with E-state index in [1.165, 1.54) is 9.28 Å². The van der Waals surface area contributed by atoms with Crippen molar-refractivity contribution >= 4 is 32.0 Å². The van der Waals surface area contributed by atoms with E-state index < -0.39 is 0 Å². The predicted octanol–water partition coefficient (Wildman–Crippen LogP) is 3.10. The van der Waals surface area contributed by atoms with E-state index in [1.807, 2.05) is 6.07 Å². The third-order valence-corrected chi connectivity index (χ3v) is 2.61. The predicted molar refractivity (Wildman–Crippen MR) is 55.9 cm³/mol. The summed E-state index contributed by atoms with van der Waals surface area (Å²) in [6, 6.07) is 8.35. The van der Waals surface area contributed by atoms with Gasteiger partial charge in [-0.1, -0.05) is 18.2 Å². The second kappa shape index (κ2) is 2.93. The van der Waals surface area contributed by atoms with Gasteiger partial charge >= 0.3 is 0 Å². The van der Waals surface area contributed by atoms with E-state index in [9.17, 15) is 0 Å². The van der Waals surface area contributed by atoms with E-state index in [1.54, 1.807) is 0 Å². The molecule has 0 N–H and O–H groups in total. The minimum absolute atomic E-state index is 1.11. The quantitative estimate of drug-likeness (QED) is 0.633. The molecule has 0 aromatic heterocycles. The Morgan fingerprint density at radius 3 is 2.91 bits per heavy atom. The number of rotatable bonds is 0. The normalized spacial score (nSPS) is 15.5. The van der Waals surface area contributed by atoms with Crippen molar-refractivity contribution in [2.75, 3.05) is 0 Å². The fourth-order valence-electron chi connectivity index (χ4n) is 1.26. The zero-order valence-electron chi connectivity index (χ0n) is 6.05. The van der Waals surface area contributed by atoms with E-state index in [0.29, 0.717) is 0 Å². The second-order valence-electron chi connectivity index (χ2n) is 2.62. The fourth-order valence-corrected chi connectivity index (χ4v) is 1.79. The van der Waals surface area contributed by atoms with Gasteiger partial charge in [-0.3, -0.25) is 0 Å². The third-order valence-electron chi connectivity index (χ3n) is 1.83. The van der Waals surface area contributed by atoms with Crippen molar-refractivity contribution in [2.24, 2.45) is 4.99 Å². The van der Waals surface area contributed by atoms with Crippen LogP contribution in [0.1, 0.15) is 12.0 Å². The zero-order valence-corrected chi connectivity index (χ0v) is 8.21. The Kier molecular flexibility index (Phi) is 1.94. The molecule has 1 aliphatic heterocycles. The molecule has 56 valence electrons. The van der Waals surface area contributed by atoms with E-state index in [2.05, 4.69) is 45.8 Å². The maximum Gasteiger partial charge on any atom is 0.0794 e. The average Bonchev–Trinajstić information content (AvgIpc) is 2.04. The lowest BCUT2D eigenvalue weighted by Crippen LogP contribution is -1.97. The molecule has 0 saturated carbocycles. The standard InChI is InChI=1S/C9H8IN/c10-9-6-5-7-3-1-2-4-8(7)11-9/h1-4H,5-6H2. The molecule has 0 amide bonds. The van der Waals surface area contributed by atoms with Crippen LogP contribution in [0, 0.1) is 0 Å². The Labute approximate surface area is 79.7 Å². The SMILES string of the molecule is IC1=Nc2ccccc2CC1. The summed E-state index contributed by atoms with van der Waals surface area (Å²) < 4.78 is 1.22. The minimum atomic E-state index is 1.11. The lowest BCUT2D eigenvalue weighted by molar-refractivity contribution is 1.03. The van der Waals surface area contributed by atoms with E-state index in [4.69, 9.17) is 0 Å². The molecular weight excluding hydrogens is 249 g/mol. The lowest BCUT2D eigenvalue weighted by Gasteiger charge is -2.10. The van der Waals surface area contributed by atoms with Crippen molar-refractivity contribution in [3.8, 4) is 0 Å². The highest BCUT2D eigenvalue weighted by molar-refractivity contribution is 14.1. The van der Waals surface area contributed by atoms with Gasteiger partial charge in [0.05, 0.1) is 9.41 Å². The van der Waals surface area contributed by atoms with Crippen molar-refractivity contribution in [1.82, 2.24) is 0 Å². The summed E-state index contributed by atoms with van der Waals surface area (Å²) in [6.07, 6.45) is 2.26. The summed E-state index contributed by atoms with van der Waals surface area (Å²) >= 11 is 2.30. The molecule has 11 heavy (non-hydrogen) atoms. The molecule has 2 rings (SSSR count). The Bertz CT molecular complexity index is 304. The molecule has 1 heterocycles. The van der Waals surface area contributed by atoms with E-state index in [-0.39, 0.29) is 0 Å². The molecule has 0 spiro atoms. The highest BCUT2D eigenvalue weighted by Gasteiger charge is 2.07. The van der Waals surface area contributed by atoms with Crippen LogP contribution in [0.2, 0.25) is 0 Å². The Balaban J connectivity index is 2.51. The van der Waals surface area contributed by atoms with Crippen LogP contribution in [-0.4, -0.2) is 3.72 Å². The highest BCUT2D eigenvalue weighted by Crippen LogP contribution is 2.26. The summed E-state index contributed by atoms with van der Waals surface area (Å²) in [7, 11) is 0. The molecule has 0 aliphatic carbocycles. The van der Waals surface area contributed by atoms with Crippen LogP contribution in [0.3, 0.4) is 0 Å². The highest BCUT2D eigenvalue weighted by atomic mass is 127. The summed E-state index contributed by atoms with van der Waals surface area (Å²) in [5, 5.41) is 0. The number of fused-ring (bicyclic) bond motifs is 1. The zero-order chi connectivity index (χ0) is 7.68. The molecule has 0 saturated heterocycles. The fraction of sp³-hybridized carbons (Fsp3) is 0.222. The first-order valence-electron chi connectivity index (χ1n) is 3.67. The average molecular weight is 257 g/mol. The van der Waals surface area contributed by atoms with Crippen LogP contribution in [0.4, 0.5) is 5.69 Å². The summed E-state index contributed by atoms with van der Waals surface area (Å²) in [4.78, 5) is 4.45. The van der Waals surface area contributed by atoms with Gasteiger partial charge in [0.1, 0.15) is 0 Å². The molecule has 0 atom stereocenters. The van der Waals surface area contributed by atoms with Gasteiger partial charge in [0.2, 0.25) is 0 Å². The van der Waals surface area contributed by atoms with Gasteiger partial charge in [-0.25, -0.2) is 4.99 Å². The molecule has 0 unspecified atom stereocenters. The molecule has 0 radical (unpaired) electrons. The van der Waals surface area contributed by atoms with Gasteiger partial charge in [0.25, 0.3) is 0 Å². The van der Waals surface area contributed by atoms with Crippen molar-refractivity contribution in [3.05, 3.63) is 29.8 Å². The number of para-hydroxylation sites is 1. The van der Waals surface area contributed by atoms with E-state index in [0.717, 1.165) is 18.5 Å². The molecule has 1 aromatic rings. The van der Waals surface area contributed by atoms with Gasteiger partial charge in [-0.05, 0) is 47.1 Å². The van der Waals surface area contributed by atoms with Gasteiger partial charge in [-0.15, -0.1) is 0 Å². The first kappa shape index (κ1) is 7.28. The van der Waals surface area contributed by atoms with Gasteiger partial charge in [0.15, 0.2) is 0 Å². The van der Waals surface area contributed by atoms with Crippen LogP contribution in [-0.2, 0) is 6.42 Å². The largest absolute Gasteiger partial charge is 0.247 e. The molecule has 1 aliphatic rings. The molecule has 1 aromatic carbocycles. The van der Waals surface area contributed by atoms with Crippen LogP contribution < -0.4 is 0 Å². The van der Waals surface area contributed by atoms with Crippen molar-refractivity contribution in [3.63, 3.8) is 0 Å². The molecule has 0 bridgehead atoms. The van der Waals surface area contributed by atoms with Crippen LogP contribution in [0.25, 0.3) is 0 Å². The monoisotopic (exact) mass is 257 g/mol. The van der Waals surface area contributed by atoms with Crippen molar-refractivity contribution in [1.29, 1.82) is 0 Å². The first-order chi connectivity index (χ1) is 5.36. The number of halogens is 1. The first-order valence-corrected chi connectivity index (χ1v) is 4.75. The summed E-state index contributed by atoms with van der Waals surface area (Å²) in [5.41, 5.74) is 2.54. The molecule has 1 nitrogen and oxygen atoms in total. The molecule has 2 heteroatoms. The number of hydrogen-bond acceptors (Lipinski definition) is 1. The van der Waals surface area contributed by atoms with Crippen molar-refractivity contribution in [2.45, 2.75) is 12.8 Å². The maximum absolute atomic E-state index is 4.45. The number of nitrogens with zero attached hydrogens (tertiary/aromatic N) is 1. The lowest BCUT2D eigenvalue weighted by atomic mass is 10.1. The number of hydrogen-bond donors (Lipinski definition) is 0. The van der Waals surface area contributed by atoms with E-state index >= 15 is 0 Å². The third kappa shape index (κ3) is 1.45. The van der Waals surface area contributed by atoms with Crippen LogP contribution >= 0.6 is 22.6 Å². The second-order valence-corrected chi connectivity index (χ2v) is 3.86. The Morgan fingerprint density at radius 2 is 2.00 bits per heavy atom. The number of benzene rings is 1. The Hall–Kier alpha value is -0.380. The topological polar surface area (TPSA) is 12.4 Å². The Morgan fingerprint density at radius 1 is 1.18 bits per heavy atom.